The van der Waals surface area contributed by atoms with E-state index >= 15 is 0 Å². The van der Waals surface area contributed by atoms with Gasteiger partial charge in [-0.1, -0.05) is 46.3 Å². The number of fused-ring (bicyclic) bond motifs is 1. The number of carbonyl (C=O) groups excluding carboxylic acids is 2. The monoisotopic (exact) mass is 579 g/mol. The zero-order valence-corrected chi connectivity index (χ0v) is 22.9. The molecule has 6 nitrogen and oxygen atoms in total. The zero-order chi connectivity index (χ0) is 26.9. The number of benzene rings is 3. The quantitative estimate of drug-likeness (QED) is 0.215. The van der Waals surface area contributed by atoms with Crippen LogP contribution in [0.3, 0.4) is 0 Å². The van der Waals surface area contributed by atoms with Gasteiger partial charge in [0.15, 0.2) is 0 Å². The normalized spacial score (nSPS) is 11.0. The van der Waals surface area contributed by atoms with Crippen LogP contribution in [0, 0.1) is 5.82 Å². The Morgan fingerprint density at radius 1 is 0.947 bits per heavy atom. The molecule has 8 heteroatoms. The lowest BCUT2D eigenvalue weighted by atomic mass is 10.1. The van der Waals surface area contributed by atoms with E-state index in [1.165, 1.54) is 12.1 Å². The molecule has 0 bridgehead atoms. The number of halogens is 2. The van der Waals surface area contributed by atoms with Crippen LogP contribution in [0.15, 0.2) is 83.5 Å². The van der Waals surface area contributed by atoms with Gasteiger partial charge in [0, 0.05) is 60.5 Å². The van der Waals surface area contributed by atoms with Gasteiger partial charge < -0.3 is 19.5 Å². The van der Waals surface area contributed by atoms with Gasteiger partial charge in [-0.3, -0.25) is 9.59 Å². The molecule has 4 rings (SSSR count). The number of nitrogens with one attached hydrogen (secondary N) is 1. The van der Waals surface area contributed by atoms with Crippen molar-refractivity contribution in [2.75, 3.05) is 33.4 Å². The Morgan fingerprint density at radius 3 is 2.42 bits per heavy atom. The van der Waals surface area contributed by atoms with E-state index in [9.17, 15) is 14.0 Å². The third kappa shape index (κ3) is 7.30. The second-order valence-electron chi connectivity index (χ2n) is 9.13. The van der Waals surface area contributed by atoms with E-state index < -0.39 is 0 Å². The zero-order valence-electron chi connectivity index (χ0n) is 21.3. The van der Waals surface area contributed by atoms with Gasteiger partial charge in [-0.25, -0.2) is 4.39 Å². The molecule has 0 atom stereocenters. The Balaban J connectivity index is 1.53. The van der Waals surface area contributed by atoms with Gasteiger partial charge in [-0.05, 0) is 66.4 Å². The summed E-state index contributed by atoms with van der Waals surface area (Å²) in [6.45, 7) is 1.59. The summed E-state index contributed by atoms with van der Waals surface area (Å²) >= 11 is 3.40. The van der Waals surface area contributed by atoms with E-state index in [2.05, 4.69) is 27.0 Å². The number of aromatic nitrogens is 1. The summed E-state index contributed by atoms with van der Waals surface area (Å²) in [5.74, 6) is -0.702. The van der Waals surface area contributed by atoms with Crippen LogP contribution >= 0.6 is 15.9 Å². The summed E-state index contributed by atoms with van der Waals surface area (Å²) in [7, 11) is 1.61. The van der Waals surface area contributed by atoms with Gasteiger partial charge in [-0.2, -0.15) is 0 Å². The molecule has 0 radical (unpaired) electrons. The lowest BCUT2D eigenvalue weighted by Gasteiger charge is -2.28. The lowest BCUT2D eigenvalue weighted by molar-refractivity contribution is -0.132. The summed E-state index contributed by atoms with van der Waals surface area (Å²) in [4.78, 5) is 33.6. The highest BCUT2D eigenvalue weighted by molar-refractivity contribution is 9.10. The Labute approximate surface area is 230 Å². The van der Waals surface area contributed by atoms with Crippen LogP contribution in [0.2, 0.25) is 0 Å². The molecule has 0 aliphatic rings. The summed E-state index contributed by atoms with van der Waals surface area (Å²) in [6, 6.07) is 21.3. The van der Waals surface area contributed by atoms with Crippen molar-refractivity contribution in [2.24, 2.45) is 0 Å². The van der Waals surface area contributed by atoms with Crippen molar-refractivity contribution in [3.63, 3.8) is 0 Å². The smallest absolute Gasteiger partial charge is 0.254 e. The number of ether oxygens (including phenoxy) is 1. The van der Waals surface area contributed by atoms with Crippen molar-refractivity contribution in [1.82, 2.24) is 14.8 Å². The van der Waals surface area contributed by atoms with Crippen LogP contribution in [0.4, 0.5) is 4.39 Å². The average molecular weight is 580 g/mol. The minimum Gasteiger partial charge on any atom is -0.385 e. The number of para-hydroxylation sites is 1. The van der Waals surface area contributed by atoms with Crippen LogP contribution in [0.5, 0.6) is 0 Å². The van der Waals surface area contributed by atoms with Gasteiger partial charge in [0.05, 0.1) is 0 Å². The molecule has 38 heavy (non-hydrogen) atoms. The molecule has 1 heterocycles. The van der Waals surface area contributed by atoms with Gasteiger partial charge in [0.1, 0.15) is 12.4 Å². The van der Waals surface area contributed by atoms with Crippen molar-refractivity contribution >= 4 is 38.6 Å². The van der Waals surface area contributed by atoms with E-state index in [0.717, 1.165) is 26.5 Å². The number of aromatic amines is 1. The second kappa shape index (κ2) is 13.3. The van der Waals surface area contributed by atoms with Crippen molar-refractivity contribution in [1.29, 1.82) is 0 Å². The largest absolute Gasteiger partial charge is 0.385 e. The fourth-order valence-corrected chi connectivity index (χ4v) is 4.65. The SMILES string of the molecule is COCCCN(CC(=O)N(CCc1c[nH]c2ccccc12)Cc1ccc(F)cc1)C(=O)c1ccc(Br)cc1. The number of methoxy groups -OCH3 is 1. The van der Waals surface area contributed by atoms with Crippen molar-refractivity contribution in [2.45, 2.75) is 19.4 Å². The molecule has 0 unspecified atom stereocenters. The van der Waals surface area contributed by atoms with Gasteiger partial charge in [-0.15, -0.1) is 0 Å². The molecule has 0 aliphatic heterocycles. The van der Waals surface area contributed by atoms with Crippen molar-refractivity contribution in [3.8, 4) is 0 Å². The van der Waals surface area contributed by atoms with Crippen molar-refractivity contribution < 1.29 is 18.7 Å². The van der Waals surface area contributed by atoms with Crippen LogP contribution in [-0.2, 0) is 22.5 Å². The predicted molar refractivity (Wildman–Crippen MR) is 150 cm³/mol. The van der Waals surface area contributed by atoms with E-state index in [4.69, 9.17) is 4.74 Å². The third-order valence-electron chi connectivity index (χ3n) is 6.45. The number of carbonyl (C=O) groups is 2. The molecule has 0 fully saturated rings. The fraction of sp³-hybridized carbons (Fsp3) is 0.267. The van der Waals surface area contributed by atoms with E-state index in [0.29, 0.717) is 44.6 Å². The fourth-order valence-electron chi connectivity index (χ4n) is 4.39. The molecule has 4 aromatic rings. The minimum absolute atomic E-state index is 0.0618. The molecular formula is C30H31BrFN3O3. The van der Waals surface area contributed by atoms with Gasteiger partial charge in [0.25, 0.3) is 5.91 Å². The number of nitrogens with zero attached hydrogens (tertiary/aromatic N) is 2. The van der Waals surface area contributed by atoms with E-state index in [1.807, 2.05) is 36.5 Å². The van der Waals surface area contributed by atoms with Crippen LogP contribution < -0.4 is 0 Å². The molecule has 0 aliphatic carbocycles. The van der Waals surface area contributed by atoms with Gasteiger partial charge in [0.2, 0.25) is 5.91 Å². The van der Waals surface area contributed by atoms with Gasteiger partial charge >= 0.3 is 0 Å². The molecule has 1 N–H and O–H groups in total. The van der Waals surface area contributed by atoms with Crippen LogP contribution in [-0.4, -0.2) is 59.9 Å². The lowest BCUT2D eigenvalue weighted by Crippen LogP contribution is -2.44. The maximum Gasteiger partial charge on any atom is 0.254 e. The summed E-state index contributed by atoms with van der Waals surface area (Å²) in [5.41, 5.74) is 3.50. The molecular weight excluding hydrogens is 549 g/mol. The Hall–Kier alpha value is -3.49. The Kier molecular flexibility index (Phi) is 9.67. The molecule has 0 saturated heterocycles. The summed E-state index contributed by atoms with van der Waals surface area (Å²) in [5, 5.41) is 1.12. The molecule has 2 amide bonds. The number of rotatable bonds is 12. The van der Waals surface area contributed by atoms with E-state index in [-0.39, 0.29) is 24.2 Å². The first-order valence-corrected chi connectivity index (χ1v) is 13.3. The summed E-state index contributed by atoms with van der Waals surface area (Å²) in [6.07, 6.45) is 3.22. The Morgan fingerprint density at radius 2 is 1.68 bits per heavy atom. The predicted octanol–water partition coefficient (Wildman–Crippen LogP) is 5.82. The number of hydrogen-bond acceptors (Lipinski definition) is 3. The molecule has 198 valence electrons. The highest BCUT2D eigenvalue weighted by atomic mass is 79.9. The minimum atomic E-state index is -0.324. The van der Waals surface area contributed by atoms with Crippen LogP contribution in [0.1, 0.15) is 27.9 Å². The summed E-state index contributed by atoms with van der Waals surface area (Å²) < 4.78 is 19.6. The molecule has 0 spiro atoms. The van der Waals surface area contributed by atoms with Crippen LogP contribution in [0.25, 0.3) is 10.9 Å². The second-order valence-corrected chi connectivity index (χ2v) is 10.0. The third-order valence-corrected chi connectivity index (χ3v) is 6.98. The molecule has 3 aromatic carbocycles. The number of amides is 2. The first kappa shape index (κ1) is 27.5. The Bertz CT molecular complexity index is 1360. The highest BCUT2D eigenvalue weighted by Crippen LogP contribution is 2.19. The average Bonchev–Trinajstić information content (AvgIpc) is 3.34. The standard InChI is InChI=1S/C30H31BrFN3O3/c1-38-18-4-16-35(30(37)23-9-11-25(31)12-10-23)21-29(36)34(20-22-7-13-26(32)14-8-22)17-15-24-19-33-28-6-3-2-5-27(24)28/h2-3,5-14,19,33H,4,15-18,20-21H2,1H3. The van der Waals surface area contributed by atoms with E-state index in [1.54, 1.807) is 41.2 Å². The number of H-pyrrole nitrogens is 1. The van der Waals surface area contributed by atoms with Crippen molar-refractivity contribution in [3.05, 3.63) is 106 Å². The maximum absolute atomic E-state index is 13.7. The maximum atomic E-state index is 13.7. The first-order chi connectivity index (χ1) is 18.4. The topological polar surface area (TPSA) is 65.6 Å². The highest BCUT2D eigenvalue weighted by Gasteiger charge is 2.23. The first-order valence-electron chi connectivity index (χ1n) is 12.6. The molecule has 0 saturated carbocycles. The molecule has 1 aromatic heterocycles. The number of hydrogen-bond donors (Lipinski definition) is 1.